The van der Waals surface area contributed by atoms with Crippen molar-refractivity contribution in [3.63, 3.8) is 0 Å². The first-order valence-corrected chi connectivity index (χ1v) is 7.16. The third-order valence-electron chi connectivity index (χ3n) is 3.89. The standard InChI is InChI=1S/C17H16N2O4/c1-17(2)6-10(20)14(11(21)7-17)15-13(12-4-3-5-22-12)9(8-18)16(19)23-15/h3-5,20H,6-7,19H2,1-2H3. The molecule has 6 heteroatoms. The predicted octanol–water partition coefficient (Wildman–Crippen LogP) is 3.65. The molecule has 3 rings (SSSR count). The van der Waals surface area contributed by atoms with E-state index >= 15 is 0 Å². The van der Waals surface area contributed by atoms with Crippen LogP contribution in [0, 0.1) is 16.7 Å². The molecule has 23 heavy (non-hydrogen) atoms. The van der Waals surface area contributed by atoms with Gasteiger partial charge >= 0.3 is 0 Å². The van der Waals surface area contributed by atoms with Gasteiger partial charge in [0.05, 0.1) is 17.4 Å². The number of hydrogen-bond donors (Lipinski definition) is 2. The van der Waals surface area contributed by atoms with Crippen molar-refractivity contribution in [2.24, 2.45) is 5.41 Å². The smallest absolute Gasteiger partial charge is 0.209 e. The molecule has 0 saturated heterocycles. The lowest BCUT2D eigenvalue weighted by atomic mass is 9.75. The van der Waals surface area contributed by atoms with Gasteiger partial charge in [0.1, 0.15) is 23.2 Å². The number of nitrogens with zero attached hydrogens (tertiary/aromatic N) is 1. The van der Waals surface area contributed by atoms with E-state index in [9.17, 15) is 15.2 Å². The van der Waals surface area contributed by atoms with Gasteiger partial charge < -0.3 is 19.7 Å². The van der Waals surface area contributed by atoms with E-state index < -0.39 is 0 Å². The first-order valence-electron chi connectivity index (χ1n) is 7.16. The molecule has 0 spiro atoms. The Hall–Kier alpha value is -2.94. The van der Waals surface area contributed by atoms with E-state index in [1.54, 1.807) is 12.1 Å². The molecule has 2 aromatic heterocycles. The zero-order chi connectivity index (χ0) is 16.8. The van der Waals surface area contributed by atoms with E-state index in [-0.39, 0.29) is 46.2 Å². The van der Waals surface area contributed by atoms with Gasteiger partial charge in [-0.15, -0.1) is 0 Å². The Labute approximate surface area is 132 Å². The van der Waals surface area contributed by atoms with Gasteiger partial charge in [-0.2, -0.15) is 5.26 Å². The van der Waals surface area contributed by atoms with Crippen LogP contribution in [0.5, 0.6) is 0 Å². The number of aliphatic hydroxyl groups is 1. The zero-order valence-electron chi connectivity index (χ0n) is 12.8. The van der Waals surface area contributed by atoms with Crippen LogP contribution in [0.15, 0.2) is 33.0 Å². The van der Waals surface area contributed by atoms with Crippen molar-refractivity contribution in [1.29, 1.82) is 5.26 Å². The van der Waals surface area contributed by atoms with Gasteiger partial charge in [-0.1, -0.05) is 13.8 Å². The van der Waals surface area contributed by atoms with E-state index in [1.807, 2.05) is 19.9 Å². The summed E-state index contributed by atoms with van der Waals surface area (Å²) in [6.07, 6.45) is 2.06. The van der Waals surface area contributed by atoms with Crippen molar-refractivity contribution in [2.45, 2.75) is 26.7 Å². The zero-order valence-corrected chi connectivity index (χ0v) is 12.8. The quantitative estimate of drug-likeness (QED) is 0.875. The summed E-state index contributed by atoms with van der Waals surface area (Å²) >= 11 is 0. The topological polar surface area (TPSA) is 113 Å². The SMILES string of the molecule is CC1(C)CC(=O)C(c2oc(N)c(C#N)c2-c2ccco2)=C(O)C1. The number of rotatable bonds is 2. The van der Waals surface area contributed by atoms with Gasteiger partial charge in [0, 0.05) is 12.8 Å². The van der Waals surface area contributed by atoms with E-state index in [0.29, 0.717) is 17.7 Å². The molecule has 0 bridgehead atoms. The van der Waals surface area contributed by atoms with Crippen LogP contribution in [-0.4, -0.2) is 10.9 Å². The maximum Gasteiger partial charge on any atom is 0.209 e. The first kappa shape index (κ1) is 15.0. The van der Waals surface area contributed by atoms with Crippen LogP contribution in [0.4, 0.5) is 5.88 Å². The Balaban J connectivity index is 2.26. The fourth-order valence-corrected chi connectivity index (χ4v) is 2.94. The van der Waals surface area contributed by atoms with Crippen molar-refractivity contribution in [3.05, 3.63) is 35.5 Å². The van der Waals surface area contributed by atoms with Gasteiger partial charge in [0.15, 0.2) is 11.5 Å². The fourth-order valence-electron chi connectivity index (χ4n) is 2.94. The molecule has 2 aromatic rings. The molecule has 0 amide bonds. The minimum absolute atomic E-state index is 0.0581. The summed E-state index contributed by atoms with van der Waals surface area (Å²) in [6, 6.07) is 5.26. The van der Waals surface area contributed by atoms with Crippen LogP contribution in [0.1, 0.15) is 38.0 Å². The maximum absolute atomic E-state index is 12.5. The minimum Gasteiger partial charge on any atom is -0.511 e. The molecule has 0 aromatic carbocycles. The Morgan fingerprint density at radius 3 is 2.70 bits per heavy atom. The summed E-state index contributed by atoms with van der Waals surface area (Å²) < 4.78 is 10.8. The Morgan fingerprint density at radius 1 is 1.39 bits per heavy atom. The summed E-state index contributed by atoms with van der Waals surface area (Å²) in [5, 5.41) is 19.7. The molecule has 0 atom stereocenters. The predicted molar refractivity (Wildman–Crippen MR) is 83.1 cm³/mol. The normalized spacial score (nSPS) is 17.3. The highest BCUT2D eigenvalue weighted by Gasteiger charge is 2.37. The van der Waals surface area contributed by atoms with Crippen molar-refractivity contribution in [2.75, 3.05) is 5.73 Å². The highest BCUT2D eigenvalue weighted by molar-refractivity contribution is 6.23. The summed E-state index contributed by atoms with van der Waals surface area (Å²) in [5.74, 6) is 0.0378. The van der Waals surface area contributed by atoms with Crippen molar-refractivity contribution >= 4 is 17.2 Å². The van der Waals surface area contributed by atoms with Gasteiger partial charge in [0.2, 0.25) is 5.88 Å². The number of carbonyl (C=O) groups excluding carboxylic acids is 1. The van der Waals surface area contributed by atoms with E-state index in [4.69, 9.17) is 14.6 Å². The second-order valence-corrected chi connectivity index (χ2v) is 6.40. The van der Waals surface area contributed by atoms with Gasteiger partial charge in [-0.25, -0.2) is 0 Å². The van der Waals surface area contributed by atoms with Gasteiger partial charge in [-0.05, 0) is 17.5 Å². The lowest BCUT2D eigenvalue weighted by Crippen LogP contribution is -2.25. The average molecular weight is 312 g/mol. The largest absolute Gasteiger partial charge is 0.511 e. The lowest BCUT2D eigenvalue weighted by molar-refractivity contribution is -0.116. The Kier molecular flexibility index (Phi) is 3.29. The Morgan fingerprint density at radius 2 is 2.13 bits per heavy atom. The number of allylic oxidation sites excluding steroid dienone is 2. The second-order valence-electron chi connectivity index (χ2n) is 6.40. The maximum atomic E-state index is 12.5. The molecule has 0 radical (unpaired) electrons. The summed E-state index contributed by atoms with van der Waals surface area (Å²) in [5.41, 5.74) is 5.90. The highest BCUT2D eigenvalue weighted by Crippen LogP contribution is 2.44. The minimum atomic E-state index is -0.328. The second kappa shape index (κ2) is 5.06. The Bertz CT molecular complexity index is 848. The molecule has 6 nitrogen and oxygen atoms in total. The summed E-state index contributed by atoms with van der Waals surface area (Å²) in [6.45, 7) is 3.81. The molecule has 2 heterocycles. The van der Waals surface area contributed by atoms with Crippen LogP contribution >= 0.6 is 0 Å². The molecule has 118 valence electrons. The molecule has 1 aliphatic rings. The first-order chi connectivity index (χ1) is 10.8. The van der Waals surface area contributed by atoms with Crippen LogP contribution in [0.3, 0.4) is 0 Å². The number of nitrogens with two attached hydrogens (primary N) is 1. The van der Waals surface area contributed by atoms with Crippen LogP contribution in [-0.2, 0) is 4.79 Å². The van der Waals surface area contributed by atoms with Crippen LogP contribution < -0.4 is 5.73 Å². The van der Waals surface area contributed by atoms with Gasteiger partial charge in [-0.3, -0.25) is 4.79 Å². The lowest BCUT2D eigenvalue weighted by Gasteiger charge is -2.29. The molecule has 0 saturated carbocycles. The summed E-state index contributed by atoms with van der Waals surface area (Å²) in [7, 11) is 0. The number of carbonyl (C=O) groups is 1. The molecular weight excluding hydrogens is 296 g/mol. The van der Waals surface area contributed by atoms with Crippen molar-refractivity contribution in [3.8, 4) is 17.4 Å². The van der Waals surface area contributed by atoms with Crippen molar-refractivity contribution in [1.82, 2.24) is 0 Å². The number of Topliss-reactive ketones (excluding diaryl/α,β-unsaturated/α-hetero) is 1. The molecule has 0 fully saturated rings. The number of furan rings is 2. The monoisotopic (exact) mass is 312 g/mol. The van der Waals surface area contributed by atoms with Crippen LogP contribution in [0.2, 0.25) is 0 Å². The van der Waals surface area contributed by atoms with E-state index in [0.717, 1.165) is 0 Å². The number of hydrogen-bond acceptors (Lipinski definition) is 6. The van der Waals surface area contributed by atoms with E-state index in [2.05, 4.69) is 0 Å². The number of nitrogen functional groups attached to an aromatic ring is 1. The molecule has 3 N–H and O–H groups in total. The number of anilines is 1. The molecule has 0 aliphatic heterocycles. The fraction of sp³-hybridized carbons (Fsp3) is 0.294. The number of ketones is 1. The van der Waals surface area contributed by atoms with E-state index in [1.165, 1.54) is 6.26 Å². The molecule has 1 aliphatic carbocycles. The average Bonchev–Trinajstić information content (AvgIpc) is 3.03. The third-order valence-corrected chi connectivity index (χ3v) is 3.89. The number of nitriles is 1. The summed E-state index contributed by atoms with van der Waals surface area (Å²) in [4.78, 5) is 12.5. The third kappa shape index (κ3) is 2.40. The molecule has 0 unspecified atom stereocenters. The van der Waals surface area contributed by atoms with Crippen LogP contribution in [0.25, 0.3) is 16.9 Å². The van der Waals surface area contributed by atoms with Gasteiger partial charge in [0.25, 0.3) is 0 Å². The van der Waals surface area contributed by atoms with Crippen molar-refractivity contribution < 1.29 is 18.7 Å². The number of aliphatic hydroxyl groups excluding tert-OH is 1. The molecular formula is C17H16N2O4. The highest BCUT2D eigenvalue weighted by atomic mass is 16.4.